The Bertz CT molecular complexity index is 628. The highest BCUT2D eigenvalue weighted by Crippen LogP contribution is 2.30. The molecule has 3 rings (SSSR count). The zero-order chi connectivity index (χ0) is 69.5. The van der Waals surface area contributed by atoms with Gasteiger partial charge in [0.25, 0.3) is 0 Å². The van der Waals surface area contributed by atoms with Gasteiger partial charge in [-0.15, -0.1) is 0 Å². The normalized spacial score (nSPS) is 13.0. The summed E-state index contributed by atoms with van der Waals surface area (Å²) in [6.45, 7) is 90.8. The molecule has 2 fully saturated rings. The lowest BCUT2D eigenvalue weighted by Crippen LogP contribution is -2.12. The van der Waals surface area contributed by atoms with Gasteiger partial charge in [-0.3, -0.25) is 0 Å². The van der Waals surface area contributed by atoms with Crippen molar-refractivity contribution in [3.63, 3.8) is 0 Å². The first kappa shape index (κ1) is 131. The van der Waals surface area contributed by atoms with Gasteiger partial charge in [0, 0.05) is 0 Å². The molecular weight excluding hydrogens is 985 g/mol. The summed E-state index contributed by atoms with van der Waals surface area (Å²) >= 11 is 0. The van der Waals surface area contributed by atoms with Crippen LogP contribution in [0.4, 0.5) is 0 Å². The number of aryl methyl sites for hydroxylation is 2. The molecule has 0 radical (unpaired) electrons. The van der Waals surface area contributed by atoms with E-state index in [2.05, 4.69) is 315 Å². The molecule has 2 saturated carbocycles. The second kappa shape index (κ2) is 192. The van der Waals surface area contributed by atoms with Gasteiger partial charge in [-0.05, 0) is 48.6 Å². The van der Waals surface area contributed by atoms with Gasteiger partial charge < -0.3 is 0 Å². The minimum absolute atomic E-state index is 1.00. The van der Waals surface area contributed by atoms with Crippen LogP contribution in [0.1, 0.15) is 481 Å². The minimum atomic E-state index is 1.00. The third-order valence-electron chi connectivity index (χ3n) is 8.76. The monoisotopic (exact) mass is 1180 g/mol. The van der Waals surface area contributed by atoms with E-state index in [1.54, 1.807) is 0 Å². The summed E-state index contributed by atoms with van der Waals surface area (Å²) in [5, 5.41) is 0. The molecule has 522 valence electrons. The molecule has 0 heteroatoms. The Balaban J connectivity index is -0.0000000332. The lowest BCUT2D eigenvalue weighted by molar-refractivity contribution is 0.277. The second-order valence-electron chi connectivity index (χ2n) is 22.4. The molecule has 2 aliphatic rings. The first-order valence-corrected chi connectivity index (χ1v) is 37.9. The van der Waals surface area contributed by atoms with Crippen molar-refractivity contribution in [3.05, 3.63) is 35.4 Å². The summed E-state index contributed by atoms with van der Waals surface area (Å²) in [5.41, 5.74) is 2.74. The number of unbranched alkanes of at least 4 members (excludes halogenated alkanes) is 5. The Hall–Kier alpha value is -0.780. The van der Waals surface area contributed by atoms with E-state index in [1.807, 2.05) is 0 Å². The van der Waals surface area contributed by atoms with Crippen LogP contribution < -0.4 is 0 Å². The third kappa shape index (κ3) is 369. The molecule has 0 saturated heterocycles. The highest BCUT2D eigenvalue weighted by molar-refractivity contribution is 5.23. The first-order chi connectivity index (χ1) is 38.9. The van der Waals surface area contributed by atoms with E-state index in [9.17, 15) is 0 Å². The molecule has 1 aromatic rings. The van der Waals surface area contributed by atoms with Gasteiger partial charge in [0.15, 0.2) is 0 Å². The van der Waals surface area contributed by atoms with Crippen LogP contribution in [-0.4, -0.2) is 0 Å². The molecule has 0 heterocycles. The van der Waals surface area contributed by atoms with Gasteiger partial charge in [0.1, 0.15) is 0 Å². The molecule has 0 amide bonds. The van der Waals surface area contributed by atoms with Crippen molar-refractivity contribution in [2.75, 3.05) is 0 Å². The van der Waals surface area contributed by atoms with E-state index in [1.165, 1.54) is 204 Å². The maximum Gasteiger partial charge on any atom is -0.0395 e. The highest BCUT2D eigenvalue weighted by atomic mass is 14.2. The smallest absolute Gasteiger partial charge is 0.0395 e. The Morgan fingerprint density at radius 1 is 0.207 bits per heavy atom. The van der Waals surface area contributed by atoms with E-state index in [0.717, 1.165) is 23.7 Å². The standard InChI is InChI=1S/C8H16.C8H10.C7H14.5C4H10.13C3H8/c2*1-7-5-3-4-6-8(7)2;1-6-4-3-5-7(6)2;5*1-3-4-2;13*1-3-2/h7-8H,3-6H2,1-2H3;3-6H,1-2H3;6-7H,3-5H2,1-2H3;5*3-4H2,1-2H3;13*3H2,1-2H3. The topological polar surface area (TPSA) is 0 Å². The van der Waals surface area contributed by atoms with E-state index in [4.69, 9.17) is 0 Å². The summed E-state index contributed by atoms with van der Waals surface area (Å²) in [6, 6.07) is 8.36. The third-order valence-corrected chi connectivity index (χ3v) is 8.76. The van der Waals surface area contributed by atoms with Crippen LogP contribution in [0, 0.1) is 37.5 Å². The van der Waals surface area contributed by atoms with Crippen molar-refractivity contribution >= 4 is 0 Å². The molecule has 4 unspecified atom stereocenters. The maximum absolute atomic E-state index is 2.38. The fourth-order valence-corrected chi connectivity index (χ4v) is 3.50. The van der Waals surface area contributed by atoms with Crippen molar-refractivity contribution < 1.29 is 0 Å². The lowest BCUT2D eigenvalue weighted by atomic mass is 9.82. The van der Waals surface area contributed by atoms with E-state index < -0.39 is 0 Å². The fourth-order valence-electron chi connectivity index (χ4n) is 3.50. The summed E-state index contributed by atoms with van der Waals surface area (Å²) in [6.07, 6.45) is 39.8. The largest absolute Gasteiger partial charge is 0.0656 e. The maximum atomic E-state index is 2.38. The Morgan fingerprint density at radius 2 is 0.305 bits per heavy atom. The number of benzene rings is 1. The highest BCUT2D eigenvalue weighted by Gasteiger charge is 2.17. The van der Waals surface area contributed by atoms with Crippen LogP contribution in [0.15, 0.2) is 24.3 Å². The average Bonchev–Trinajstić information content (AvgIpc) is 3.82. The SMILES string of the molecule is CC1CCCC1C.CC1CCCCC1C.CCC.CCC.CCC.CCC.CCC.CCC.CCC.CCC.CCC.CCC.CCC.CCC.CCC.CCCC.CCCC.CCCC.CCCC.CCCC.Cc1ccccc1C. The molecule has 0 nitrogen and oxygen atoms in total. The zero-order valence-electron chi connectivity index (χ0n) is 68.8. The van der Waals surface area contributed by atoms with Crippen molar-refractivity contribution in [2.24, 2.45) is 23.7 Å². The van der Waals surface area contributed by atoms with E-state index in [-0.39, 0.29) is 0 Å². The summed E-state index contributed by atoms with van der Waals surface area (Å²) in [4.78, 5) is 0. The molecule has 2 aliphatic carbocycles. The quantitative estimate of drug-likeness (QED) is 0.276. The van der Waals surface area contributed by atoms with Gasteiger partial charge >= 0.3 is 0 Å². The molecule has 0 spiro atoms. The lowest BCUT2D eigenvalue weighted by Gasteiger charge is -2.24. The van der Waals surface area contributed by atoms with Crippen LogP contribution in [0.25, 0.3) is 0 Å². The number of hydrogen-bond acceptors (Lipinski definition) is 0. The minimum Gasteiger partial charge on any atom is -0.0656 e. The zero-order valence-corrected chi connectivity index (χ0v) is 68.8. The van der Waals surface area contributed by atoms with Gasteiger partial charge in [-0.2, -0.15) is 0 Å². The molecule has 4 atom stereocenters. The van der Waals surface area contributed by atoms with Crippen LogP contribution in [-0.2, 0) is 0 Å². The van der Waals surface area contributed by atoms with Crippen molar-refractivity contribution in [3.8, 4) is 0 Å². The van der Waals surface area contributed by atoms with Gasteiger partial charge in [0.05, 0.1) is 0 Å². The molecular formula is C82H194. The van der Waals surface area contributed by atoms with Crippen molar-refractivity contribution in [1.29, 1.82) is 0 Å². The molecule has 0 aliphatic heterocycles. The van der Waals surface area contributed by atoms with Gasteiger partial charge in [0.2, 0.25) is 0 Å². The summed E-state index contributed by atoms with van der Waals surface area (Å²) < 4.78 is 0. The second-order valence-corrected chi connectivity index (χ2v) is 22.4. The molecule has 0 N–H and O–H groups in total. The molecule has 1 aromatic carbocycles. The predicted octanol–water partition coefficient (Wildman–Crippen LogP) is 35.0. The van der Waals surface area contributed by atoms with Crippen LogP contribution in [0.2, 0.25) is 0 Å². The Labute approximate surface area is 539 Å². The number of rotatable bonds is 5. The Kier molecular flexibility index (Phi) is 306. The molecule has 0 aromatic heterocycles. The fraction of sp³-hybridized carbons (Fsp3) is 0.927. The summed E-state index contributed by atoms with van der Waals surface area (Å²) in [5.74, 6) is 4.03. The summed E-state index contributed by atoms with van der Waals surface area (Å²) in [7, 11) is 0. The molecule has 0 bridgehead atoms. The van der Waals surface area contributed by atoms with E-state index in [0.29, 0.717) is 0 Å². The predicted molar refractivity (Wildman–Crippen MR) is 415 cm³/mol. The first-order valence-electron chi connectivity index (χ1n) is 37.9. The Morgan fingerprint density at radius 3 is 0.366 bits per heavy atom. The average molecular weight is 1180 g/mol. The van der Waals surface area contributed by atoms with E-state index >= 15 is 0 Å². The van der Waals surface area contributed by atoms with Crippen molar-refractivity contribution in [1.82, 2.24) is 0 Å². The van der Waals surface area contributed by atoms with Crippen molar-refractivity contribution in [2.45, 2.75) is 483 Å². The van der Waals surface area contributed by atoms with Crippen LogP contribution >= 0.6 is 0 Å². The number of hydrogen-bond donors (Lipinski definition) is 0. The molecule has 82 heavy (non-hydrogen) atoms. The van der Waals surface area contributed by atoms with Crippen LogP contribution in [0.3, 0.4) is 0 Å². The van der Waals surface area contributed by atoms with Gasteiger partial charge in [-0.1, -0.05) is 494 Å². The van der Waals surface area contributed by atoms with Gasteiger partial charge in [-0.25, -0.2) is 0 Å². The van der Waals surface area contributed by atoms with Crippen LogP contribution in [0.5, 0.6) is 0 Å².